The van der Waals surface area contributed by atoms with Crippen LogP contribution in [-0.2, 0) is 19.2 Å². The van der Waals surface area contributed by atoms with E-state index in [-0.39, 0.29) is 29.8 Å². The van der Waals surface area contributed by atoms with Gasteiger partial charge in [-0.3, -0.25) is 4.79 Å². The van der Waals surface area contributed by atoms with Crippen molar-refractivity contribution in [1.29, 1.82) is 0 Å². The standard InChI is InChI=1S/C11H15N3O5S/c1-3-18-10(17)8(7-5-20-11(12)13-7)14-19-4-6(2)9(15)16/h5-6H,3-4H2,1-2H3,(H2,12,13)(H,15,16)/b14-8-. The molecule has 0 saturated carbocycles. The first-order chi connectivity index (χ1) is 9.45. The number of hydrogen-bond donors (Lipinski definition) is 2. The topological polar surface area (TPSA) is 124 Å². The van der Waals surface area contributed by atoms with Gasteiger partial charge in [0.1, 0.15) is 12.3 Å². The van der Waals surface area contributed by atoms with Gasteiger partial charge in [0.25, 0.3) is 0 Å². The van der Waals surface area contributed by atoms with E-state index in [2.05, 4.69) is 10.1 Å². The van der Waals surface area contributed by atoms with Crippen LogP contribution < -0.4 is 5.73 Å². The lowest BCUT2D eigenvalue weighted by Gasteiger charge is -2.06. The average molecular weight is 301 g/mol. The molecule has 0 fully saturated rings. The van der Waals surface area contributed by atoms with Gasteiger partial charge < -0.3 is 20.4 Å². The minimum absolute atomic E-state index is 0.141. The number of aromatic nitrogens is 1. The van der Waals surface area contributed by atoms with Crippen LogP contribution in [0.1, 0.15) is 19.5 Å². The molecule has 1 aromatic heterocycles. The highest BCUT2D eigenvalue weighted by atomic mass is 32.1. The van der Waals surface area contributed by atoms with Crippen molar-refractivity contribution in [3.8, 4) is 0 Å². The van der Waals surface area contributed by atoms with Crippen molar-refractivity contribution in [1.82, 2.24) is 4.98 Å². The first-order valence-electron chi connectivity index (χ1n) is 5.77. The lowest BCUT2D eigenvalue weighted by molar-refractivity contribution is -0.143. The van der Waals surface area contributed by atoms with Crippen molar-refractivity contribution in [2.75, 3.05) is 18.9 Å². The monoisotopic (exact) mass is 301 g/mol. The van der Waals surface area contributed by atoms with E-state index in [0.717, 1.165) is 11.3 Å². The first kappa shape index (κ1) is 15.9. The van der Waals surface area contributed by atoms with E-state index in [0.29, 0.717) is 0 Å². The molecule has 1 heterocycles. The molecule has 0 saturated heterocycles. The van der Waals surface area contributed by atoms with E-state index in [4.69, 9.17) is 20.4 Å². The number of carboxylic acids is 1. The average Bonchev–Trinajstić information content (AvgIpc) is 2.80. The summed E-state index contributed by atoms with van der Waals surface area (Å²) in [6.07, 6.45) is 0. The Labute approximate surface area is 119 Å². The molecule has 1 unspecified atom stereocenters. The number of oxime groups is 1. The number of hydrogen-bond acceptors (Lipinski definition) is 8. The number of ether oxygens (including phenoxy) is 1. The molecule has 0 aliphatic heterocycles. The molecule has 1 rings (SSSR count). The van der Waals surface area contributed by atoms with Gasteiger partial charge in [0.05, 0.1) is 12.5 Å². The number of carboxylic acid groups (broad SMARTS) is 1. The number of aliphatic carboxylic acids is 1. The van der Waals surface area contributed by atoms with Crippen LogP contribution >= 0.6 is 11.3 Å². The van der Waals surface area contributed by atoms with Crippen molar-refractivity contribution in [2.24, 2.45) is 11.1 Å². The van der Waals surface area contributed by atoms with E-state index in [1.54, 1.807) is 6.92 Å². The summed E-state index contributed by atoms with van der Waals surface area (Å²) in [4.78, 5) is 31.2. The fraction of sp³-hybridized carbons (Fsp3) is 0.455. The smallest absolute Gasteiger partial charge is 0.362 e. The summed E-state index contributed by atoms with van der Waals surface area (Å²) in [5, 5.41) is 14.1. The van der Waals surface area contributed by atoms with Gasteiger partial charge in [-0.05, 0) is 13.8 Å². The Morgan fingerprint density at radius 1 is 1.60 bits per heavy atom. The van der Waals surface area contributed by atoms with Crippen molar-refractivity contribution in [2.45, 2.75) is 13.8 Å². The minimum atomic E-state index is -1.02. The molecule has 8 nitrogen and oxygen atoms in total. The second-order valence-electron chi connectivity index (χ2n) is 3.77. The lowest BCUT2D eigenvalue weighted by atomic mass is 10.2. The maximum atomic E-state index is 11.7. The number of rotatable bonds is 7. The number of anilines is 1. The summed E-state index contributed by atoms with van der Waals surface area (Å²) < 4.78 is 4.83. The van der Waals surface area contributed by atoms with Crippen LogP contribution in [0.5, 0.6) is 0 Å². The molecular formula is C11H15N3O5S. The Hall–Kier alpha value is -2.16. The molecule has 0 aliphatic carbocycles. The molecule has 1 aromatic rings. The summed E-state index contributed by atoms with van der Waals surface area (Å²) in [7, 11) is 0. The molecule has 110 valence electrons. The number of nitrogens with two attached hydrogens (primary N) is 1. The Balaban J connectivity index is 2.82. The van der Waals surface area contributed by atoms with Gasteiger partial charge >= 0.3 is 11.9 Å². The highest BCUT2D eigenvalue weighted by Crippen LogP contribution is 2.13. The summed E-state index contributed by atoms with van der Waals surface area (Å²) in [5.41, 5.74) is 5.58. The summed E-state index contributed by atoms with van der Waals surface area (Å²) in [5.74, 6) is -2.47. The number of carbonyl (C=O) groups excluding carboxylic acids is 1. The second kappa shape index (κ2) is 7.43. The molecule has 0 amide bonds. The van der Waals surface area contributed by atoms with Crippen molar-refractivity contribution >= 4 is 34.1 Å². The van der Waals surface area contributed by atoms with Crippen LogP contribution in [0.15, 0.2) is 10.5 Å². The largest absolute Gasteiger partial charge is 0.481 e. The SMILES string of the molecule is CCOC(=O)/C(=N\OCC(C)C(=O)O)c1csc(N)n1. The normalized spacial score (nSPS) is 12.8. The molecule has 20 heavy (non-hydrogen) atoms. The lowest BCUT2D eigenvalue weighted by Crippen LogP contribution is -2.21. The molecule has 0 radical (unpaired) electrons. The molecule has 0 aromatic carbocycles. The Kier molecular flexibility index (Phi) is 5.91. The number of thiazole rings is 1. The maximum absolute atomic E-state index is 11.7. The van der Waals surface area contributed by atoms with Crippen molar-refractivity contribution in [3.05, 3.63) is 11.1 Å². The Morgan fingerprint density at radius 3 is 2.80 bits per heavy atom. The summed E-state index contributed by atoms with van der Waals surface area (Å²) in [6.45, 7) is 3.11. The number of carbonyl (C=O) groups is 2. The molecule has 0 bridgehead atoms. The van der Waals surface area contributed by atoms with E-state index in [1.807, 2.05) is 0 Å². The predicted octanol–water partition coefficient (Wildman–Crippen LogP) is 0.730. The first-order valence-corrected chi connectivity index (χ1v) is 6.64. The predicted molar refractivity (Wildman–Crippen MR) is 72.4 cm³/mol. The van der Waals surface area contributed by atoms with Gasteiger partial charge in [-0.2, -0.15) is 0 Å². The number of nitrogen functional groups attached to an aromatic ring is 1. The zero-order chi connectivity index (χ0) is 15.1. The van der Waals surface area contributed by atoms with Crippen molar-refractivity contribution < 1.29 is 24.3 Å². The van der Waals surface area contributed by atoms with Gasteiger partial charge in [-0.25, -0.2) is 9.78 Å². The third kappa shape index (κ3) is 4.50. The van der Waals surface area contributed by atoms with Crippen LogP contribution in [0.3, 0.4) is 0 Å². The zero-order valence-electron chi connectivity index (χ0n) is 11.0. The summed E-state index contributed by atoms with van der Waals surface area (Å²) in [6, 6.07) is 0. The van der Waals surface area contributed by atoms with E-state index in [1.165, 1.54) is 12.3 Å². The zero-order valence-corrected chi connectivity index (χ0v) is 11.8. The summed E-state index contributed by atoms with van der Waals surface area (Å²) >= 11 is 1.14. The highest BCUT2D eigenvalue weighted by Gasteiger charge is 2.20. The molecular weight excluding hydrogens is 286 g/mol. The maximum Gasteiger partial charge on any atom is 0.362 e. The van der Waals surface area contributed by atoms with Crippen molar-refractivity contribution in [3.63, 3.8) is 0 Å². The molecule has 0 spiro atoms. The fourth-order valence-corrected chi connectivity index (χ4v) is 1.62. The fourth-order valence-electron chi connectivity index (χ4n) is 1.07. The van der Waals surface area contributed by atoms with Gasteiger partial charge in [-0.15, -0.1) is 11.3 Å². The van der Waals surface area contributed by atoms with Crippen LogP contribution in [0.25, 0.3) is 0 Å². The highest BCUT2D eigenvalue weighted by molar-refractivity contribution is 7.13. The van der Waals surface area contributed by atoms with E-state index in [9.17, 15) is 9.59 Å². The third-order valence-electron chi connectivity index (χ3n) is 2.14. The minimum Gasteiger partial charge on any atom is -0.481 e. The number of nitrogens with zero attached hydrogens (tertiary/aromatic N) is 2. The van der Waals surface area contributed by atoms with Crippen LogP contribution in [0, 0.1) is 5.92 Å². The van der Waals surface area contributed by atoms with Crippen LogP contribution in [0.2, 0.25) is 0 Å². The Bertz CT molecular complexity index is 514. The quantitative estimate of drug-likeness (QED) is 0.432. The number of esters is 1. The van der Waals surface area contributed by atoms with Gasteiger partial charge in [-0.1, -0.05) is 5.16 Å². The second-order valence-corrected chi connectivity index (χ2v) is 4.66. The van der Waals surface area contributed by atoms with Gasteiger partial charge in [0, 0.05) is 5.38 Å². The third-order valence-corrected chi connectivity index (χ3v) is 2.81. The van der Waals surface area contributed by atoms with E-state index >= 15 is 0 Å². The van der Waals surface area contributed by atoms with Crippen LogP contribution in [-0.4, -0.2) is 41.0 Å². The molecule has 3 N–H and O–H groups in total. The van der Waals surface area contributed by atoms with Crippen LogP contribution in [0.4, 0.5) is 5.13 Å². The van der Waals surface area contributed by atoms with Gasteiger partial charge in [0.15, 0.2) is 5.13 Å². The Morgan fingerprint density at radius 2 is 2.30 bits per heavy atom. The van der Waals surface area contributed by atoms with Gasteiger partial charge in [0.2, 0.25) is 5.71 Å². The van der Waals surface area contributed by atoms with E-state index < -0.39 is 17.9 Å². The molecule has 0 aliphatic rings. The molecule has 9 heteroatoms. The molecule has 1 atom stereocenters.